The maximum atomic E-state index is 14.6. The summed E-state index contributed by atoms with van der Waals surface area (Å²) in [5, 5.41) is 1.93. The smallest absolute Gasteiger partial charge is 0.271 e. The molecule has 5 aromatic rings. The van der Waals surface area contributed by atoms with Gasteiger partial charge in [-0.3, -0.25) is 14.2 Å². The molecule has 236 valence electrons. The molecule has 3 heterocycles. The minimum Gasteiger partial charge on any atom is -0.496 e. The molecule has 2 aromatic heterocycles. The third-order valence-corrected chi connectivity index (χ3v) is 10.1. The molecule has 1 aliphatic rings. The van der Waals surface area contributed by atoms with Crippen LogP contribution in [0.5, 0.6) is 5.75 Å². The average Bonchev–Trinajstić information content (AvgIpc) is 3.49. The van der Waals surface area contributed by atoms with Crippen molar-refractivity contribution in [2.45, 2.75) is 54.5 Å². The minimum atomic E-state index is -0.713. The van der Waals surface area contributed by atoms with Crippen molar-refractivity contribution in [3.05, 3.63) is 125 Å². The van der Waals surface area contributed by atoms with E-state index in [-0.39, 0.29) is 11.5 Å². The van der Waals surface area contributed by atoms with Crippen LogP contribution in [-0.4, -0.2) is 40.1 Å². The quantitative estimate of drug-likeness (QED) is 0.212. The first-order chi connectivity index (χ1) is 22.1. The lowest BCUT2D eigenvalue weighted by Gasteiger charge is -2.30. The van der Waals surface area contributed by atoms with Gasteiger partial charge in [-0.25, -0.2) is 4.99 Å². The van der Waals surface area contributed by atoms with E-state index in [2.05, 4.69) is 56.5 Å². The van der Waals surface area contributed by atoms with E-state index < -0.39 is 6.04 Å². The zero-order chi connectivity index (χ0) is 32.9. The Balaban J connectivity index is 1.63. The molecule has 0 N–H and O–H groups in total. The first-order valence-corrected chi connectivity index (χ1v) is 16.6. The zero-order valence-electron chi connectivity index (χ0n) is 27.8. The number of ether oxygens (including phenoxy) is 1. The fraction of sp³-hybridized carbons (Fsp3) is 0.289. The molecule has 8 heteroatoms. The summed E-state index contributed by atoms with van der Waals surface area (Å²) >= 11 is 1.36. The number of hydrogen-bond donors (Lipinski definition) is 0. The largest absolute Gasteiger partial charge is 0.496 e. The van der Waals surface area contributed by atoms with E-state index in [1.165, 1.54) is 22.5 Å². The highest BCUT2D eigenvalue weighted by Gasteiger charge is 2.36. The summed E-state index contributed by atoms with van der Waals surface area (Å²) < 4.78 is 10.5. The van der Waals surface area contributed by atoms with Gasteiger partial charge in [0.25, 0.3) is 11.5 Å². The number of benzene rings is 3. The van der Waals surface area contributed by atoms with Crippen molar-refractivity contribution in [3.8, 4) is 11.4 Å². The zero-order valence-corrected chi connectivity index (χ0v) is 28.6. The first-order valence-electron chi connectivity index (χ1n) is 15.7. The average molecular weight is 633 g/mol. The van der Waals surface area contributed by atoms with E-state index in [0.29, 0.717) is 39.4 Å². The minimum absolute atomic E-state index is 0.127. The van der Waals surface area contributed by atoms with Gasteiger partial charge < -0.3 is 14.2 Å². The molecular weight excluding hydrogens is 593 g/mol. The lowest BCUT2D eigenvalue weighted by molar-refractivity contribution is -0.127. The third-order valence-electron chi connectivity index (χ3n) is 9.15. The molecule has 1 atom stereocenters. The van der Waals surface area contributed by atoms with Gasteiger partial charge in [-0.15, -0.1) is 0 Å². The number of likely N-dealkylation sites (N-methyl/N-ethyl adjacent to an activating group) is 1. The Morgan fingerprint density at radius 1 is 0.978 bits per heavy atom. The van der Waals surface area contributed by atoms with Gasteiger partial charge in [-0.2, -0.15) is 0 Å². The molecule has 0 saturated carbocycles. The van der Waals surface area contributed by atoms with E-state index in [1.807, 2.05) is 63.2 Å². The molecule has 0 aliphatic carbocycles. The predicted molar refractivity (Wildman–Crippen MR) is 187 cm³/mol. The molecule has 1 aliphatic heterocycles. The van der Waals surface area contributed by atoms with Gasteiger partial charge in [0.15, 0.2) is 4.80 Å². The van der Waals surface area contributed by atoms with E-state index in [1.54, 1.807) is 16.6 Å². The summed E-state index contributed by atoms with van der Waals surface area (Å²) in [6.45, 7) is 15.3. The molecule has 0 unspecified atom stereocenters. The van der Waals surface area contributed by atoms with Crippen molar-refractivity contribution in [2.75, 3.05) is 20.2 Å². The van der Waals surface area contributed by atoms with E-state index in [0.717, 1.165) is 39.0 Å². The monoisotopic (exact) mass is 632 g/mol. The first kappa shape index (κ1) is 31.3. The molecule has 3 aromatic carbocycles. The van der Waals surface area contributed by atoms with Gasteiger partial charge in [0.2, 0.25) is 0 Å². The van der Waals surface area contributed by atoms with Crippen LogP contribution in [0.3, 0.4) is 0 Å². The van der Waals surface area contributed by atoms with Crippen LogP contribution in [-0.2, 0) is 4.79 Å². The Bertz CT molecular complexity index is 2210. The number of carbonyl (C=O) groups excluding carboxylic acids is 1. The second-order valence-electron chi connectivity index (χ2n) is 11.9. The number of aromatic nitrogens is 2. The summed E-state index contributed by atoms with van der Waals surface area (Å²) in [5.41, 5.74) is 8.37. The van der Waals surface area contributed by atoms with Crippen LogP contribution in [0, 0.1) is 27.7 Å². The van der Waals surface area contributed by atoms with Crippen LogP contribution in [0.15, 0.2) is 81.7 Å². The van der Waals surface area contributed by atoms with Crippen LogP contribution < -0.4 is 19.6 Å². The lowest BCUT2D eigenvalue weighted by atomic mass is 9.90. The summed E-state index contributed by atoms with van der Waals surface area (Å²) in [6, 6.07) is 19.7. The number of carbonyl (C=O) groups is 1. The van der Waals surface area contributed by atoms with Gasteiger partial charge in [-0.1, -0.05) is 59.9 Å². The van der Waals surface area contributed by atoms with Crippen molar-refractivity contribution in [2.24, 2.45) is 4.99 Å². The van der Waals surface area contributed by atoms with Crippen molar-refractivity contribution in [1.82, 2.24) is 14.0 Å². The lowest BCUT2D eigenvalue weighted by Crippen LogP contribution is -2.43. The van der Waals surface area contributed by atoms with Crippen LogP contribution in [0.4, 0.5) is 0 Å². The molecule has 0 bridgehead atoms. The van der Waals surface area contributed by atoms with Crippen LogP contribution >= 0.6 is 11.3 Å². The number of rotatable bonds is 7. The second kappa shape index (κ2) is 12.2. The van der Waals surface area contributed by atoms with Crippen LogP contribution in [0.2, 0.25) is 0 Å². The number of methoxy groups -OCH3 is 1. The SMILES string of the molecule is CCN(CC)C(=O)C1=C(C)N=c2s/c(=C/c3cc(C)n(-c4c(C)cccc4C)c3C)c(=O)n2[C@H]1c1c(OC)ccc2ccccc12. The number of nitrogens with zero attached hydrogens (tertiary/aromatic N) is 4. The van der Waals surface area contributed by atoms with E-state index in [4.69, 9.17) is 9.73 Å². The second-order valence-corrected chi connectivity index (χ2v) is 12.9. The normalized spacial score (nSPS) is 14.9. The highest BCUT2D eigenvalue weighted by molar-refractivity contribution is 7.07. The third kappa shape index (κ3) is 5.01. The number of amides is 1. The van der Waals surface area contributed by atoms with Crippen LogP contribution in [0.25, 0.3) is 22.5 Å². The Labute approximate surface area is 273 Å². The van der Waals surface area contributed by atoms with Crippen molar-refractivity contribution in [3.63, 3.8) is 0 Å². The number of fused-ring (bicyclic) bond motifs is 2. The number of thiazole rings is 1. The van der Waals surface area contributed by atoms with Gasteiger partial charge >= 0.3 is 0 Å². The highest BCUT2D eigenvalue weighted by Crippen LogP contribution is 2.40. The fourth-order valence-electron chi connectivity index (χ4n) is 6.86. The number of para-hydroxylation sites is 1. The molecule has 6 rings (SSSR count). The molecule has 0 spiro atoms. The predicted octanol–water partition coefficient (Wildman–Crippen LogP) is 6.29. The fourth-order valence-corrected chi connectivity index (χ4v) is 7.90. The Morgan fingerprint density at radius 2 is 1.67 bits per heavy atom. The molecule has 46 heavy (non-hydrogen) atoms. The topological polar surface area (TPSA) is 68.8 Å². The Kier molecular flexibility index (Phi) is 8.33. The van der Waals surface area contributed by atoms with E-state index >= 15 is 0 Å². The summed E-state index contributed by atoms with van der Waals surface area (Å²) in [4.78, 5) is 36.1. The van der Waals surface area contributed by atoms with Crippen molar-refractivity contribution >= 4 is 34.1 Å². The summed E-state index contributed by atoms with van der Waals surface area (Å²) in [5.74, 6) is 0.493. The van der Waals surface area contributed by atoms with Gasteiger partial charge in [0.1, 0.15) is 11.8 Å². The number of hydrogen-bond acceptors (Lipinski definition) is 5. The van der Waals surface area contributed by atoms with Crippen LogP contribution in [0.1, 0.15) is 60.5 Å². The summed E-state index contributed by atoms with van der Waals surface area (Å²) in [7, 11) is 1.63. The molecule has 1 amide bonds. The number of allylic oxidation sites excluding steroid dienone is 1. The maximum absolute atomic E-state index is 14.6. The standard InChI is InChI=1S/C38H40N4O3S/c1-9-40(10-2)37(44)32-25(6)39-38-42(35(32)33-29-17-12-11-16-27(29)18-19-30(33)45-8)36(43)31(46-38)21-28-20-24(5)41(26(28)7)34-22(3)14-13-15-23(34)4/h11-21,35H,9-10H2,1-8H3/b31-21+/t35-/m1/s1. The Hall–Kier alpha value is -4.69. The molecule has 0 radical (unpaired) electrons. The number of aryl methyl sites for hydroxylation is 3. The maximum Gasteiger partial charge on any atom is 0.271 e. The van der Waals surface area contributed by atoms with Gasteiger partial charge in [0.05, 0.1) is 28.6 Å². The molecular formula is C38H40N4O3S. The van der Waals surface area contributed by atoms with Gasteiger partial charge in [0, 0.05) is 30.0 Å². The summed E-state index contributed by atoms with van der Waals surface area (Å²) in [6.07, 6.45) is 1.97. The van der Waals surface area contributed by atoms with Crippen molar-refractivity contribution in [1.29, 1.82) is 0 Å². The van der Waals surface area contributed by atoms with Gasteiger partial charge in [-0.05, 0) is 94.1 Å². The molecule has 7 nitrogen and oxygen atoms in total. The highest BCUT2D eigenvalue weighted by atomic mass is 32.1. The Morgan fingerprint density at radius 3 is 2.35 bits per heavy atom. The molecule has 0 fully saturated rings. The van der Waals surface area contributed by atoms with Crippen molar-refractivity contribution < 1.29 is 9.53 Å². The van der Waals surface area contributed by atoms with E-state index in [9.17, 15) is 9.59 Å². The molecule has 0 saturated heterocycles.